The Balaban J connectivity index is 0.000000292. The summed E-state index contributed by atoms with van der Waals surface area (Å²) in [7, 11) is -4.68. The van der Waals surface area contributed by atoms with Crippen LogP contribution < -0.4 is 4.18 Å². The summed E-state index contributed by atoms with van der Waals surface area (Å²) in [5.74, 6) is 0.0469. The zero-order valence-corrected chi connectivity index (χ0v) is 20.4. The van der Waals surface area contributed by atoms with Crippen LogP contribution in [0.1, 0.15) is 65.5 Å². The van der Waals surface area contributed by atoms with Gasteiger partial charge in [-0.05, 0) is 81.7 Å². The van der Waals surface area contributed by atoms with E-state index < -0.39 is 10.4 Å². The largest absolute Gasteiger partial charge is 0.716 e. The molecule has 0 N–H and O–H groups in total. The van der Waals surface area contributed by atoms with Crippen molar-refractivity contribution in [2.45, 2.75) is 65.2 Å². The second-order valence-electron chi connectivity index (χ2n) is 8.00. The smallest absolute Gasteiger partial charge is 0.262 e. The summed E-state index contributed by atoms with van der Waals surface area (Å²) in [5, 5.41) is 0. The van der Waals surface area contributed by atoms with Crippen LogP contribution in [0, 0.1) is 3.57 Å². The molecule has 0 aliphatic heterocycles. The van der Waals surface area contributed by atoms with Crippen molar-refractivity contribution in [2.24, 2.45) is 0 Å². The molecule has 0 spiro atoms. The van der Waals surface area contributed by atoms with Gasteiger partial charge in [-0.3, -0.25) is 0 Å². The van der Waals surface area contributed by atoms with Crippen molar-refractivity contribution in [3.05, 3.63) is 63.2 Å². The summed E-state index contributed by atoms with van der Waals surface area (Å²) in [4.78, 5) is 0. The Morgan fingerprint density at radius 1 is 0.821 bits per heavy atom. The fourth-order valence-electron chi connectivity index (χ4n) is 2.39. The first kappa shape index (κ1) is 24.9. The van der Waals surface area contributed by atoms with Crippen molar-refractivity contribution in [3.63, 3.8) is 0 Å². The lowest BCUT2D eigenvalue weighted by molar-refractivity contribution is 0.372. The van der Waals surface area contributed by atoms with Gasteiger partial charge in [0, 0.05) is 3.57 Å². The van der Waals surface area contributed by atoms with Crippen molar-refractivity contribution in [1.29, 1.82) is 0 Å². The molecule has 2 aromatic carbocycles. The molecular formula is C22H30IO4S-. The molecule has 2 aromatic rings. The fraction of sp³-hybridized carbons (Fsp3) is 0.455. The van der Waals surface area contributed by atoms with Crippen LogP contribution in [0.15, 0.2) is 48.5 Å². The number of rotatable bonds is 6. The van der Waals surface area contributed by atoms with Crippen molar-refractivity contribution < 1.29 is 17.2 Å². The molecule has 4 nitrogen and oxygen atoms in total. The van der Waals surface area contributed by atoms with Crippen LogP contribution >= 0.6 is 22.6 Å². The van der Waals surface area contributed by atoms with Gasteiger partial charge in [0.05, 0.1) is 0 Å². The van der Waals surface area contributed by atoms with E-state index in [9.17, 15) is 13.0 Å². The average Bonchev–Trinajstić information content (AvgIpc) is 2.62. The Morgan fingerprint density at radius 2 is 1.18 bits per heavy atom. The molecule has 0 atom stereocenters. The molecule has 0 aromatic heterocycles. The molecule has 28 heavy (non-hydrogen) atoms. The molecule has 0 aliphatic carbocycles. The summed E-state index contributed by atoms with van der Waals surface area (Å²) in [5.41, 5.74) is 2.86. The number of benzene rings is 2. The lowest BCUT2D eigenvalue weighted by Gasteiger charge is -2.23. The maximum Gasteiger partial charge on any atom is 0.262 e. The van der Waals surface area contributed by atoms with Gasteiger partial charge in [0.1, 0.15) is 5.75 Å². The number of hydrogen-bond acceptors (Lipinski definition) is 4. The van der Waals surface area contributed by atoms with E-state index in [2.05, 4.69) is 92.6 Å². The quantitative estimate of drug-likeness (QED) is 0.260. The van der Waals surface area contributed by atoms with E-state index >= 15 is 0 Å². The third-order valence-corrected chi connectivity index (χ3v) is 6.34. The van der Waals surface area contributed by atoms with Crippen LogP contribution in [0.3, 0.4) is 0 Å². The van der Waals surface area contributed by atoms with Crippen LogP contribution in [-0.4, -0.2) is 13.0 Å². The Labute approximate surface area is 183 Å². The maximum atomic E-state index is 10.4. The van der Waals surface area contributed by atoms with Crippen molar-refractivity contribution in [2.75, 3.05) is 0 Å². The summed E-state index contributed by atoms with van der Waals surface area (Å²) in [6.45, 7) is 13.1. The summed E-state index contributed by atoms with van der Waals surface area (Å²) in [6.07, 6.45) is 2.15. The molecular weight excluding hydrogens is 487 g/mol. The zero-order valence-electron chi connectivity index (χ0n) is 17.5. The normalized spacial score (nSPS) is 12.1. The van der Waals surface area contributed by atoms with E-state index in [0.717, 1.165) is 12.0 Å². The van der Waals surface area contributed by atoms with E-state index in [0.29, 0.717) is 5.41 Å². The van der Waals surface area contributed by atoms with Crippen LogP contribution in [0.4, 0.5) is 0 Å². The molecule has 0 saturated carbocycles. The van der Waals surface area contributed by atoms with Gasteiger partial charge in [-0.2, -0.15) is 0 Å². The maximum absolute atomic E-state index is 10.4. The summed E-state index contributed by atoms with van der Waals surface area (Å²) < 4.78 is 36.6. The highest BCUT2D eigenvalue weighted by molar-refractivity contribution is 14.1. The summed E-state index contributed by atoms with van der Waals surface area (Å²) >= 11 is 2.34. The van der Waals surface area contributed by atoms with E-state index in [1.165, 1.54) is 27.7 Å². The standard InChI is InChI=1S/C11H15I.C11H16O4S/c1-4-11(2,3)9-5-7-10(12)8-6-9;1-4-11(2,3)9-5-7-10(8-6-9)15-16(12,13)14/h5-8H,4H2,1-3H3;5-8H,4H2,1-3H3,(H,12,13,14)/p-1. The molecule has 0 saturated heterocycles. The first-order valence-electron chi connectivity index (χ1n) is 9.32. The topological polar surface area (TPSA) is 66.4 Å². The molecule has 0 heterocycles. The Morgan fingerprint density at radius 3 is 1.50 bits per heavy atom. The van der Waals surface area contributed by atoms with Gasteiger partial charge < -0.3 is 8.74 Å². The van der Waals surface area contributed by atoms with E-state index in [1.54, 1.807) is 12.1 Å². The minimum atomic E-state index is -4.68. The van der Waals surface area contributed by atoms with Crippen LogP contribution in [-0.2, 0) is 21.2 Å². The van der Waals surface area contributed by atoms with Crippen molar-refractivity contribution in [3.8, 4) is 5.75 Å². The van der Waals surface area contributed by atoms with Crippen molar-refractivity contribution in [1.82, 2.24) is 0 Å². The Hall–Kier alpha value is -1.12. The van der Waals surface area contributed by atoms with Crippen LogP contribution in [0.5, 0.6) is 5.75 Å². The molecule has 0 unspecified atom stereocenters. The highest BCUT2D eigenvalue weighted by Crippen LogP contribution is 2.28. The van der Waals surface area contributed by atoms with Gasteiger partial charge in [0.25, 0.3) is 10.4 Å². The minimum absolute atomic E-state index is 0.0227. The SMILES string of the molecule is CCC(C)(C)c1ccc(I)cc1.CCC(C)(C)c1ccc(OS(=O)(=O)[O-])cc1. The highest BCUT2D eigenvalue weighted by Gasteiger charge is 2.18. The van der Waals surface area contributed by atoms with Gasteiger partial charge in [0.2, 0.25) is 0 Å². The Bertz CT molecular complexity index is 839. The number of hydrogen-bond donors (Lipinski definition) is 0. The molecule has 0 aliphatic rings. The highest BCUT2D eigenvalue weighted by atomic mass is 127. The zero-order chi connectivity index (χ0) is 21.6. The van der Waals surface area contributed by atoms with Crippen molar-refractivity contribution >= 4 is 33.0 Å². The van der Waals surface area contributed by atoms with E-state index in [1.807, 2.05) is 0 Å². The second kappa shape index (κ2) is 10.1. The first-order chi connectivity index (χ1) is 12.8. The van der Waals surface area contributed by atoms with Crippen LogP contribution in [0.25, 0.3) is 0 Å². The molecule has 6 heteroatoms. The molecule has 0 fully saturated rings. The predicted molar refractivity (Wildman–Crippen MR) is 123 cm³/mol. The second-order valence-corrected chi connectivity index (χ2v) is 10.2. The molecule has 0 amide bonds. The number of halogens is 1. The third kappa shape index (κ3) is 8.09. The lowest BCUT2D eigenvalue weighted by atomic mass is 9.82. The third-order valence-electron chi connectivity index (χ3n) is 5.23. The predicted octanol–water partition coefficient (Wildman–Crippen LogP) is 6.19. The van der Waals surface area contributed by atoms with Gasteiger partial charge in [-0.1, -0.05) is 65.8 Å². The summed E-state index contributed by atoms with van der Waals surface area (Å²) in [6, 6.07) is 15.3. The molecule has 0 radical (unpaired) electrons. The van der Waals surface area contributed by atoms with Gasteiger partial charge in [-0.15, -0.1) is 0 Å². The van der Waals surface area contributed by atoms with Gasteiger partial charge >= 0.3 is 0 Å². The fourth-order valence-corrected chi connectivity index (χ4v) is 3.10. The van der Waals surface area contributed by atoms with E-state index in [-0.39, 0.29) is 11.2 Å². The monoisotopic (exact) mass is 517 g/mol. The average molecular weight is 517 g/mol. The van der Waals surface area contributed by atoms with Gasteiger partial charge in [-0.25, -0.2) is 8.42 Å². The van der Waals surface area contributed by atoms with Gasteiger partial charge in [0.15, 0.2) is 0 Å². The molecule has 156 valence electrons. The lowest BCUT2D eigenvalue weighted by Crippen LogP contribution is -2.15. The Kier molecular flexibility index (Phi) is 8.96. The molecule has 0 bridgehead atoms. The molecule has 2 rings (SSSR count). The minimum Gasteiger partial charge on any atom is -0.716 e. The first-order valence-corrected chi connectivity index (χ1v) is 11.7. The van der Waals surface area contributed by atoms with E-state index in [4.69, 9.17) is 0 Å². The van der Waals surface area contributed by atoms with Crippen LogP contribution in [0.2, 0.25) is 0 Å².